The van der Waals surface area contributed by atoms with Gasteiger partial charge in [-0.1, -0.05) is 49.7 Å². The number of rotatable bonds is 8. The van der Waals surface area contributed by atoms with Crippen LogP contribution in [-0.2, 0) is 17.8 Å². The number of hydrogen-bond acceptors (Lipinski definition) is 4. The summed E-state index contributed by atoms with van der Waals surface area (Å²) in [6.07, 6.45) is 2.03. The Balaban J connectivity index is 1.42. The highest BCUT2D eigenvalue weighted by atomic mass is 16.2. The Morgan fingerprint density at radius 2 is 1.97 bits per heavy atom. The van der Waals surface area contributed by atoms with Crippen LogP contribution in [0.4, 0.5) is 0 Å². The summed E-state index contributed by atoms with van der Waals surface area (Å²) in [5.74, 6) is 0.138. The Hall–Kier alpha value is -2.96. The molecule has 6 nitrogen and oxygen atoms in total. The maximum atomic E-state index is 13.2. The van der Waals surface area contributed by atoms with Gasteiger partial charge in [-0.25, -0.2) is 4.68 Å². The second-order valence-electron chi connectivity index (χ2n) is 8.82. The van der Waals surface area contributed by atoms with Gasteiger partial charge in [-0.05, 0) is 55.2 Å². The molecule has 1 atom stereocenters. The van der Waals surface area contributed by atoms with Crippen molar-refractivity contribution in [3.63, 3.8) is 0 Å². The van der Waals surface area contributed by atoms with E-state index >= 15 is 0 Å². The fourth-order valence-electron chi connectivity index (χ4n) is 4.60. The monoisotopic (exact) mass is 445 g/mol. The Kier molecular flexibility index (Phi) is 7.57. The van der Waals surface area contributed by atoms with Gasteiger partial charge in [0, 0.05) is 31.9 Å². The lowest BCUT2D eigenvalue weighted by molar-refractivity contribution is -0.133. The molecule has 3 aromatic rings. The number of piperazine rings is 1. The molecule has 2 aromatic carbocycles. The van der Waals surface area contributed by atoms with Gasteiger partial charge in [-0.2, -0.15) is 5.10 Å². The number of nitrogens with zero attached hydrogens (tertiary/aromatic N) is 3. The second kappa shape index (κ2) is 10.8. The highest BCUT2D eigenvalue weighted by Gasteiger charge is 2.28. The Labute approximate surface area is 197 Å². The van der Waals surface area contributed by atoms with Gasteiger partial charge in [0.05, 0.1) is 24.0 Å². The third-order valence-electron chi connectivity index (χ3n) is 6.49. The lowest BCUT2D eigenvalue weighted by Gasteiger charge is -2.37. The van der Waals surface area contributed by atoms with Crippen LogP contribution in [-0.4, -0.2) is 46.8 Å². The molecule has 174 valence electrons. The molecule has 6 heteroatoms. The van der Waals surface area contributed by atoms with E-state index in [2.05, 4.69) is 67.8 Å². The zero-order valence-corrected chi connectivity index (χ0v) is 20.0. The SMILES string of the molecule is CCCc1cc(CNCC(=O)N2CCNCC2c2cccc(C)c2C)nn1-c1ccccc1. The highest BCUT2D eigenvalue weighted by Crippen LogP contribution is 2.27. The zero-order valence-electron chi connectivity index (χ0n) is 20.0. The van der Waals surface area contributed by atoms with Crippen LogP contribution in [0, 0.1) is 13.8 Å². The summed E-state index contributed by atoms with van der Waals surface area (Å²) >= 11 is 0. The summed E-state index contributed by atoms with van der Waals surface area (Å²) < 4.78 is 2.02. The van der Waals surface area contributed by atoms with Crippen molar-refractivity contribution < 1.29 is 4.79 Å². The fourth-order valence-corrected chi connectivity index (χ4v) is 4.60. The van der Waals surface area contributed by atoms with Gasteiger partial charge in [0.15, 0.2) is 0 Å². The first-order chi connectivity index (χ1) is 16.1. The molecule has 1 aliphatic rings. The number of carbonyl (C=O) groups is 1. The number of aryl methyl sites for hydroxylation is 2. The quantitative estimate of drug-likeness (QED) is 0.555. The van der Waals surface area contributed by atoms with Crippen molar-refractivity contribution in [3.05, 3.63) is 82.7 Å². The summed E-state index contributed by atoms with van der Waals surface area (Å²) in [4.78, 5) is 15.2. The van der Waals surface area contributed by atoms with E-state index in [1.165, 1.54) is 22.4 Å². The van der Waals surface area contributed by atoms with Gasteiger partial charge in [0.1, 0.15) is 0 Å². The third kappa shape index (κ3) is 5.34. The average Bonchev–Trinajstić information content (AvgIpc) is 3.24. The van der Waals surface area contributed by atoms with Crippen LogP contribution in [0.2, 0.25) is 0 Å². The molecule has 1 saturated heterocycles. The molecule has 0 bridgehead atoms. The Bertz CT molecular complexity index is 1080. The van der Waals surface area contributed by atoms with Crippen LogP contribution in [0.5, 0.6) is 0 Å². The zero-order chi connectivity index (χ0) is 23.2. The van der Waals surface area contributed by atoms with Crippen LogP contribution < -0.4 is 10.6 Å². The Morgan fingerprint density at radius 1 is 1.15 bits per heavy atom. The standard InChI is InChI=1S/C27H35N5O/c1-4-9-24-16-22(30-32(24)23-11-6-5-7-12-23)17-29-19-27(33)31-15-14-28-18-26(31)25-13-8-10-20(2)21(25)3/h5-8,10-13,16,26,28-29H,4,9,14-15,17-19H2,1-3H3. The molecule has 0 radical (unpaired) electrons. The van der Waals surface area contributed by atoms with Crippen LogP contribution in [0.15, 0.2) is 54.6 Å². The summed E-state index contributed by atoms with van der Waals surface area (Å²) in [7, 11) is 0. The number of carbonyl (C=O) groups excluding carboxylic acids is 1. The molecule has 1 unspecified atom stereocenters. The van der Waals surface area contributed by atoms with E-state index in [1.807, 2.05) is 27.8 Å². The molecular weight excluding hydrogens is 410 g/mol. The third-order valence-corrected chi connectivity index (χ3v) is 6.49. The maximum absolute atomic E-state index is 13.2. The van der Waals surface area contributed by atoms with Crippen LogP contribution >= 0.6 is 0 Å². The number of amides is 1. The van der Waals surface area contributed by atoms with Gasteiger partial charge in [0.2, 0.25) is 5.91 Å². The number of nitrogens with one attached hydrogen (secondary N) is 2. The lowest BCUT2D eigenvalue weighted by atomic mass is 9.95. The molecule has 33 heavy (non-hydrogen) atoms. The summed E-state index contributed by atoms with van der Waals surface area (Å²) in [5.41, 5.74) is 7.00. The van der Waals surface area contributed by atoms with E-state index < -0.39 is 0 Å². The predicted molar refractivity (Wildman–Crippen MR) is 133 cm³/mol. The molecule has 0 spiro atoms. The largest absolute Gasteiger partial charge is 0.332 e. The van der Waals surface area contributed by atoms with E-state index in [9.17, 15) is 4.79 Å². The van der Waals surface area contributed by atoms with Crippen molar-refractivity contribution in [1.82, 2.24) is 25.3 Å². The Morgan fingerprint density at radius 3 is 2.76 bits per heavy atom. The molecule has 1 fully saturated rings. The van der Waals surface area contributed by atoms with Gasteiger partial charge < -0.3 is 15.5 Å². The number of hydrogen-bond donors (Lipinski definition) is 2. The normalized spacial score (nSPS) is 16.2. The van der Waals surface area contributed by atoms with Crippen molar-refractivity contribution in [2.24, 2.45) is 0 Å². The molecule has 0 saturated carbocycles. The van der Waals surface area contributed by atoms with Crippen molar-refractivity contribution in [2.45, 2.75) is 46.2 Å². The fraction of sp³-hybridized carbons (Fsp3) is 0.407. The minimum atomic E-state index is 0.0707. The first kappa shape index (κ1) is 23.2. The lowest BCUT2D eigenvalue weighted by Crippen LogP contribution is -2.51. The molecule has 4 rings (SSSR count). The first-order valence-electron chi connectivity index (χ1n) is 12.0. The van der Waals surface area contributed by atoms with Crippen molar-refractivity contribution in [2.75, 3.05) is 26.2 Å². The molecule has 1 amide bonds. The average molecular weight is 446 g/mol. The minimum Gasteiger partial charge on any atom is -0.332 e. The van der Waals surface area contributed by atoms with Gasteiger partial charge in [-0.3, -0.25) is 4.79 Å². The van der Waals surface area contributed by atoms with Crippen LogP contribution in [0.25, 0.3) is 5.69 Å². The number of benzene rings is 2. The smallest absolute Gasteiger partial charge is 0.237 e. The van der Waals surface area contributed by atoms with Crippen LogP contribution in [0.1, 0.15) is 47.5 Å². The van der Waals surface area contributed by atoms with E-state index in [0.29, 0.717) is 13.1 Å². The molecule has 1 aromatic heterocycles. The topological polar surface area (TPSA) is 62.2 Å². The molecule has 2 N–H and O–H groups in total. The van der Waals surface area contributed by atoms with E-state index in [1.54, 1.807) is 0 Å². The van der Waals surface area contributed by atoms with Crippen LogP contribution in [0.3, 0.4) is 0 Å². The van der Waals surface area contributed by atoms with Gasteiger partial charge >= 0.3 is 0 Å². The van der Waals surface area contributed by atoms with E-state index in [-0.39, 0.29) is 11.9 Å². The molecule has 1 aliphatic heterocycles. The molecular formula is C27H35N5O. The van der Waals surface area contributed by atoms with E-state index in [0.717, 1.165) is 43.9 Å². The molecule has 2 heterocycles. The minimum absolute atomic E-state index is 0.0707. The van der Waals surface area contributed by atoms with E-state index in [4.69, 9.17) is 5.10 Å². The summed E-state index contributed by atoms with van der Waals surface area (Å²) in [5, 5.41) is 11.6. The predicted octanol–water partition coefficient (Wildman–Crippen LogP) is 3.70. The highest BCUT2D eigenvalue weighted by molar-refractivity contribution is 5.79. The first-order valence-corrected chi connectivity index (χ1v) is 12.0. The van der Waals surface area contributed by atoms with Gasteiger partial charge in [-0.15, -0.1) is 0 Å². The number of para-hydroxylation sites is 1. The number of aromatic nitrogens is 2. The van der Waals surface area contributed by atoms with Crippen molar-refractivity contribution in [3.8, 4) is 5.69 Å². The van der Waals surface area contributed by atoms with Crippen molar-refractivity contribution in [1.29, 1.82) is 0 Å². The van der Waals surface area contributed by atoms with Crippen molar-refractivity contribution >= 4 is 5.91 Å². The summed E-state index contributed by atoms with van der Waals surface area (Å²) in [6.45, 7) is 9.68. The maximum Gasteiger partial charge on any atom is 0.237 e. The second-order valence-corrected chi connectivity index (χ2v) is 8.82. The summed E-state index contributed by atoms with van der Waals surface area (Å²) in [6, 6.07) is 18.8. The van der Waals surface area contributed by atoms with Gasteiger partial charge in [0.25, 0.3) is 0 Å². The molecule has 0 aliphatic carbocycles.